The minimum Gasteiger partial charge on any atom is -0.496 e. The molecular weight excluding hydrogens is 465 g/mol. The molecule has 4 rings (SSSR count). The zero-order valence-corrected chi connectivity index (χ0v) is 18.0. The van der Waals surface area contributed by atoms with E-state index < -0.39 is 5.82 Å². The molecule has 4 aromatic rings. The zero-order valence-electron chi connectivity index (χ0n) is 16.4. The number of ether oxygens (including phenoxy) is 1. The van der Waals surface area contributed by atoms with Crippen LogP contribution in [0.5, 0.6) is 5.75 Å². The van der Waals surface area contributed by atoms with Crippen molar-refractivity contribution in [2.45, 2.75) is 0 Å². The second-order valence-corrected chi connectivity index (χ2v) is 7.62. The van der Waals surface area contributed by atoms with Gasteiger partial charge in [0.25, 0.3) is 0 Å². The monoisotopic (exact) mass is 481 g/mol. The van der Waals surface area contributed by atoms with E-state index in [9.17, 15) is 14.0 Å². The summed E-state index contributed by atoms with van der Waals surface area (Å²) in [6.07, 6.45) is 0. The molecule has 3 aromatic carbocycles. The Morgan fingerprint density at radius 2 is 1.74 bits per heavy atom. The third kappa shape index (κ3) is 4.22. The Balaban J connectivity index is 1.67. The molecule has 0 atom stereocenters. The SMILES string of the molecule is COc1ccc(C(=O)c2oc3ccccc3c2NCC(=O)c2ccc(F)cc2)cc1Br. The third-order valence-corrected chi connectivity index (χ3v) is 5.43. The number of methoxy groups -OCH3 is 1. The number of carbonyl (C=O) groups excluding carboxylic acids is 2. The van der Waals surface area contributed by atoms with Crippen LogP contribution in [0.15, 0.2) is 75.6 Å². The van der Waals surface area contributed by atoms with Crippen molar-refractivity contribution in [3.05, 3.63) is 93.9 Å². The summed E-state index contributed by atoms with van der Waals surface area (Å²) in [6, 6.07) is 17.5. The molecule has 1 heterocycles. The van der Waals surface area contributed by atoms with Crippen molar-refractivity contribution < 1.29 is 23.1 Å². The van der Waals surface area contributed by atoms with E-state index in [1.165, 1.54) is 24.3 Å². The number of para-hydroxylation sites is 1. The number of carbonyl (C=O) groups is 2. The van der Waals surface area contributed by atoms with E-state index in [2.05, 4.69) is 21.2 Å². The van der Waals surface area contributed by atoms with Gasteiger partial charge in [-0.3, -0.25) is 9.59 Å². The van der Waals surface area contributed by atoms with Gasteiger partial charge in [-0.05, 0) is 70.5 Å². The Kier molecular flexibility index (Phi) is 5.86. The van der Waals surface area contributed by atoms with Crippen LogP contribution in [0.4, 0.5) is 10.1 Å². The lowest BCUT2D eigenvalue weighted by Crippen LogP contribution is -2.15. The third-order valence-electron chi connectivity index (χ3n) is 4.81. The number of anilines is 1. The Labute approximate surface area is 186 Å². The molecule has 0 unspecified atom stereocenters. The summed E-state index contributed by atoms with van der Waals surface area (Å²) in [4.78, 5) is 25.8. The number of furan rings is 1. The smallest absolute Gasteiger partial charge is 0.230 e. The molecule has 7 heteroatoms. The highest BCUT2D eigenvalue weighted by Gasteiger charge is 2.23. The first kappa shape index (κ1) is 20.8. The quantitative estimate of drug-likeness (QED) is 0.334. The van der Waals surface area contributed by atoms with Crippen LogP contribution in [0.3, 0.4) is 0 Å². The van der Waals surface area contributed by atoms with Crippen LogP contribution in [0, 0.1) is 5.82 Å². The zero-order chi connectivity index (χ0) is 22.0. The molecule has 1 aromatic heterocycles. The summed E-state index contributed by atoms with van der Waals surface area (Å²) in [5.74, 6) is -0.286. The lowest BCUT2D eigenvalue weighted by Gasteiger charge is -2.08. The van der Waals surface area contributed by atoms with Crippen molar-refractivity contribution in [1.82, 2.24) is 0 Å². The average molecular weight is 482 g/mol. The van der Waals surface area contributed by atoms with Crippen molar-refractivity contribution in [3.63, 3.8) is 0 Å². The first-order valence-electron chi connectivity index (χ1n) is 9.40. The molecule has 156 valence electrons. The van der Waals surface area contributed by atoms with Gasteiger partial charge in [0, 0.05) is 16.5 Å². The maximum Gasteiger partial charge on any atom is 0.230 e. The van der Waals surface area contributed by atoms with Crippen molar-refractivity contribution in [2.75, 3.05) is 19.0 Å². The van der Waals surface area contributed by atoms with Gasteiger partial charge in [-0.25, -0.2) is 4.39 Å². The van der Waals surface area contributed by atoms with Gasteiger partial charge in [0.2, 0.25) is 5.78 Å². The highest BCUT2D eigenvalue weighted by molar-refractivity contribution is 9.10. The maximum atomic E-state index is 13.2. The molecule has 0 aliphatic heterocycles. The maximum absolute atomic E-state index is 13.2. The lowest BCUT2D eigenvalue weighted by atomic mass is 10.1. The minimum atomic E-state index is -0.413. The van der Waals surface area contributed by atoms with E-state index in [1.807, 2.05) is 12.1 Å². The van der Waals surface area contributed by atoms with Crippen LogP contribution in [0.1, 0.15) is 26.5 Å². The molecular formula is C24H17BrFNO4. The van der Waals surface area contributed by atoms with Crippen molar-refractivity contribution in [3.8, 4) is 5.75 Å². The van der Waals surface area contributed by atoms with E-state index in [0.29, 0.717) is 38.0 Å². The number of rotatable bonds is 7. The summed E-state index contributed by atoms with van der Waals surface area (Å²) < 4.78 is 24.8. The van der Waals surface area contributed by atoms with Crippen LogP contribution in [0.2, 0.25) is 0 Å². The molecule has 0 amide bonds. The van der Waals surface area contributed by atoms with Gasteiger partial charge < -0.3 is 14.5 Å². The van der Waals surface area contributed by atoms with E-state index >= 15 is 0 Å². The fraction of sp³-hybridized carbons (Fsp3) is 0.0833. The number of fused-ring (bicyclic) bond motifs is 1. The molecule has 0 radical (unpaired) electrons. The van der Waals surface area contributed by atoms with Crippen molar-refractivity contribution >= 4 is 44.2 Å². The van der Waals surface area contributed by atoms with E-state index in [0.717, 1.165) is 0 Å². The van der Waals surface area contributed by atoms with Gasteiger partial charge in [-0.15, -0.1) is 0 Å². The highest BCUT2D eigenvalue weighted by atomic mass is 79.9. The fourth-order valence-corrected chi connectivity index (χ4v) is 3.77. The first-order valence-corrected chi connectivity index (χ1v) is 10.2. The number of halogens is 2. The van der Waals surface area contributed by atoms with Crippen molar-refractivity contribution in [1.29, 1.82) is 0 Å². The minimum absolute atomic E-state index is 0.0816. The molecule has 0 bridgehead atoms. The van der Waals surface area contributed by atoms with Gasteiger partial charge in [0.1, 0.15) is 17.1 Å². The number of hydrogen-bond acceptors (Lipinski definition) is 5. The van der Waals surface area contributed by atoms with E-state index in [4.69, 9.17) is 9.15 Å². The molecule has 0 spiro atoms. The Bertz CT molecular complexity index is 1280. The number of hydrogen-bond donors (Lipinski definition) is 1. The summed E-state index contributed by atoms with van der Waals surface area (Å²) in [7, 11) is 1.54. The van der Waals surface area contributed by atoms with Crippen LogP contribution in [-0.2, 0) is 0 Å². The van der Waals surface area contributed by atoms with E-state index in [1.54, 1.807) is 37.4 Å². The Morgan fingerprint density at radius 1 is 1.03 bits per heavy atom. The molecule has 5 nitrogen and oxygen atoms in total. The highest BCUT2D eigenvalue weighted by Crippen LogP contribution is 2.34. The van der Waals surface area contributed by atoms with Crippen LogP contribution >= 0.6 is 15.9 Å². The van der Waals surface area contributed by atoms with Crippen LogP contribution in [-0.4, -0.2) is 25.2 Å². The largest absolute Gasteiger partial charge is 0.496 e. The topological polar surface area (TPSA) is 68.5 Å². The lowest BCUT2D eigenvalue weighted by molar-refractivity contribution is 0.0997. The van der Waals surface area contributed by atoms with Gasteiger partial charge in [0.15, 0.2) is 11.5 Å². The van der Waals surface area contributed by atoms with Gasteiger partial charge in [0.05, 0.1) is 23.8 Å². The number of benzene rings is 3. The summed E-state index contributed by atoms with van der Waals surface area (Å²) >= 11 is 3.39. The molecule has 1 N–H and O–H groups in total. The second-order valence-electron chi connectivity index (χ2n) is 6.76. The summed E-state index contributed by atoms with van der Waals surface area (Å²) in [6.45, 7) is -0.0816. The predicted octanol–water partition coefficient (Wildman–Crippen LogP) is 5.87. The first-order chi connectivity index (χ1) is 15.0. The normalized spacial score (nSPS) is 10.8. The van der Waals surface area contributed by atoms with Gasteiger partial charge in [-0.2, -0.15) is 0 Å². The number of nitrogens with one attached hydrogen (secondary N) is 1. The molecule has 0 aliphatic rings. The number of Topliss-reactive ketones (excluding diaryl/α,β-unsaturated/α-hetero) is 1. The average Bonchev–Trinajstić information content (AvgIpc) is 3.16. The Hall–Kier alpha value is -3.45. The summed E-state index contributed by atoms with van der Waals surface area (Å²) in [5.41, 5.74) is 1.73. The van der Waals surface area contributed by atoms with Crippen molar-refractivity contribution in [2.24, 2.45) is 0 Å². The standard InChI is InChI=1S/C24H17BrFNO4/c1-30-21-11-8-15(12-18(21)25)23(29)24-22(17-4-2-3-5-20(17)31-24)27-13-19(28)14-6-9-16(26)10-7-14/h2-12,27H,13H2,1H3. The predicted molar refractivity (Wildman–Crippen MR) is 120 cm³/mol. The van der Waals surface area contributed by atoms with E-state index in [-0.39, 0.29) is 23.9 Å². The molecule has 0 saturated heterocycles. The Morgan fingerprint density at radius 3 is 2.45 bits per heavy atom. The molecule has 0 aliphatic carbocycles. The summed E-state index contributed by atoms with van der Waals surface area (Å²) in [5, 5.41) is 3.73. The fourth-order valence-electron chi connectivity index (χ4n) is 3.23. The molecule has 0 saturated carbocycles. The second kappa shape index (κ2) is 8.73. The van der Waals surface area contributed by atoms with Crippen LogP contribution in [0.25, 0.3) is 11.0 Å². The molecule has 0 fully saturated rings. The van der Waals surface area contributed by atoms with Crippen LogP contribution < -0.4 is 10.1 Å². The van der Waals surface area contributed by atoms with Gasteiger partial charge >= 0.3 is 0 Å². The number of ketones is 2. The molecule has 31 heavy (non-hydrogen) atoms. The van der Waals surface area contributed by atoms with Gasteiger partial charge in [-0.1, -0.05) is 12.1 Å².